The van der Waals surface area contributed by atoms with E-state index in [-0.39, 0.29) is 5.82 Å². The number of rotatable bonds is 3. The molecule has 1 aliphatic carbocycles. The van der Waals surface area contributed by atoms with E-state index in [1.54, 1.807) is 6.07 Å². The maximum Gasteiger partial charge on any atom is 0.309 e. The van der Waals surface area contributed by atoms with E-state index in [9.17, 15) is 14.3 Å². The fourth-order valence-electron chi connectivity index (χ4n) is 2.55. The summed E-state index contributed by atoms with van der Waals surface area (Å²) in [5.41, 5.74) is 0.219. The molecule has 0 aromatic heterocycles. The van der Waals surface area contributed by atoms with Gasteiger partial charge in [-0.2, -0.15) is 0 Å². The fraction of sp³-hybridized carbons (Fsp3) is 0.462. The summed E-state index contributed by atoms with van der Waals surface area (Å²) in [6.45, 7) is 0. The lowest BCUT2D eigenvalue weighted by Crippen LogP contribution is -2.30. The maximum atomic E-state index is 13.0. The Morgan fingerprint density at radius 3 is 2.59 bits per heavy atom. The smallest absolute Gasteiger partial charge is 0.309 e. The molecule has 1 fully saturated rings. The Kier molecular flexibility index (Phi) is 3.52. The number of carboxylic acid groups (broad SMARTS) is 1. The Labute approximate surface area is 108 Å². The molecule has 0 atom stereocenters. The van der Waals surface area contributed by atoms with Crippen LogP contribution in [0.3, 0.4) is 0 Å². The van der Waals surface area contributed by atoms with Gasteiger partial charge >= 0.3 is 5.97 Å². The predicted molar refractivity (Wildman–Crippen MR) is 66.3 cm³/mol. The molecule has 1 aromatic carbocycles. The van der Waals surface area contributed by atoms with Crippen LogP contribution >= 0.6 is 15.9 Å². The van der Waals surface area contributed by atoms with Crippen molar-refractivity contribution in [3.8, 4) is 0 Å². The SMILES string of the molecule is O=C(O)C1(Cc2ccc(F)cc2Br)CCCC1. The summed E-state index contributed by atoms with van der Waals surface area (Å²) in [5.74, 6) is -1.04. The average Bonchev–Trinajstić information content (AvgIpc) is 2.72. The number of hydrogen-bond acceptors (Lipinski definition) is 1. The molecule has 1 aromatic rings. The van der Waals surface area contributed by atoms with Gasteiger partial charge < -0.3 is 5.11 Å². The molecule has 2 nitrogen and oxygen atoms in total. The molecule has 0 saturated heterocycles. The van der Waals surface area contributed by atoms with Crippen molar-refractivity contribution in [1.29, 1.82) is 0 Å². The van der Waals surface area contributed by atoms with Crippen molar-refractivity contribution in [2.24, 2.45) is 5.41 Å². The third kappa shape index (κ3) is 2.51. The first kappa shape index (κ1) is 12.6. The second-order valence-corrected chi connectivity index (χ2v) is 5.56. The Hall–Kier alpha value is -0.900. The van der Waals surface area contributed by atoms with Crippen molar-refractivity contribution in [3.63, 3.8) is 0 Å². The molecule has 4 heteroatoms. The van der Waals surface area contributed by atoms with Crippen molar-refractivity contribution < 1.29 is 14.3 Å². The van der Waals surface area contributed by atoms with Crippen LogP contribution in [-0.2, 0) is 11.2 Å². The summed E-state index contributed by atoms with van der Waals surface area (Å²) in [4.78, 5) is 11.4. The van der Waals surface area contributed by atoms with Crippen LogP contribution in [0, 0.1) is 11.2 Å². The van der Waals surface area contributed by atoms with Crippen LogP contribution < -0.4 is 0 Å². The summed E-state index contributed by atoms with van der Waals surface area (Å²) >= 11 is 3.29. The van der Waals surface area contributed by atoms with E-state index in [1.165, 1.54) is 12.1 Å². The fourth-order valence-corrected chi connectivity index (χ4v) is 3.04. The van der Waals surface area contributed by atoms with Gasteiger partial charge in [0, 0.05) is 4.47 Å². The van der Waals surface area contributed by atoms with Gasteiger partial charge in [-0.05, 0) is 37.0 Å². The first-order chi connectivity index (χ1) is 8.03. The second-order valence-electron chi connectivity index (χ2n) is 4.71. The van der Waals surface area contributed by atoms with Gasteiger partial charge in [0.05, 0.1) is 5.41 Å². The highest BCUT2D eigenvalue weighted by atomic mass is 79.9. The molecule has 1 aliphatic rings. The van der Waals surface area contributed by atoms with Crippen molar-refractivity contribution in [2.75, 3.05) is 0 Å². The van der Waals surface area contributed by atoms with E-state index in [0.29, 0.717) is 23.7 Å². The van der Waals surface area contributed by atoms with Crippen molar-refractivity contribution >= 4 is 21.9 Å². The van der Waals surface area contributed by atoms with Crippen LogP contribution in [0.1, 0.15) is 31.2 Å². The molecule has 0 radical (unpaired) electrons. The van der Waals surface area contributed by atoms with E-state index in [0.717, 1.165) is 18.4 Å². The summed E-state index contributed by atoms with van der Waals surface area (Å²) < 4.78 is 13.6. The molecule has 1 N–H and O–H groups in total. The molecule has 0 heterocycles. The lowest BCUT2D eigenvalue weighted by atomic mass is 9.80. The van der Waals surface area contributed by atoms with Crippen LogP contribution in [-0.4, -0.2) is 11.1 Å². The zero-order chi connectivity index (χ0) is 12.5. The average molecular weight is 301 g/mol. The van der Waals surface area contributed by atoms with Gasteiger partial charge in [-0.1, -0.05) is 34.8 Å². The summed E-state index contributed by atoms with van der Waals surface area (Å²) in [5, 5.41) is 9.38. The number of halogens is 2. The van der Waals surface area contributed by atoms with E-state index < -0.39 is 11.4 Å². The van der Waals surface area contributed by atoms with Crippen LogP contribution in [0.4, 0.5) is 4.39 Å². The maximum absolute atomic E-state index is 13.0. The number of benzene rings is 1. The molecular weight excluding hydrogens is 287 g/mol. The minimum Gasteiger partial charge on any atom is -0.481 e. The summed E-state index contributed by atoms with van der Waals surface area (Å²) in [6.07, 6.45) is 3.83. The highest BCUT2D eigenvalue weighted by Gasteiger charge is 2.41. The predicted octanol–water partition coefficient (Wildman–Crippen LogP) is 3.78. The normalized spacial score (nSPS) is 18.2. The van der Waals surface area contributed by atoms with Gasteiger partial charge in [0.15, 0.2) is 0 Å². The van der Waals surface area contributed by atoms with Gasteiger partial charge in [-0.15, -0.1) is 0 Å². The topological polar surface area (TPSA) is 37.3 Å². The number of hydrogen-bond donors (Lipinski definition) is 1. The van der Waals surface area contributed by atoms with Gasteiger partial charge in [0.1, 0.15) is 5.82 Å². The van der Waals surface area contributed by atoms with Crippen LogP contribution in [0.5, 0.6) is 0 Å². The first-order valence-electron chi connectivity index (χ1n) is 5.71. The zero-order valence-electron chi connectivity index (χ0n) is 9.38. The number of carbonyl (C=O) groups is 1. The standard InChI is InChI=1S/C13H14BrFO2/c14-11-7-10(15)4-3-9(11)8-13(12(16)17)5-1-2-6-13/h3-4,7H,1-2,5-6,8H2,(H,16,17). The Morgan fingerprint density at radius 2 is 2.06 bits per heavy atom. The molecule has 2 rings (SSSR count). The minimum absolute atomic E-state index is 0.309. The first-order valence-corrected chi connectivity index (χ1v) is 6.50. The highest BCUT2D eigenvalue weighted by molar-refractivity contribution is 9.10. The third-order valence-corrected chi connectivity index (χ3v) is 4.30. The number of aliphatic carboxylic acids is 1. The Bertz CT molecular complexity index is 439. The van der Waals surface area contributed by atoms with Gasteiger partial charge in [0.25, 0.3) is 0 Å². The molecule has 17 heavy (non-hydrogen) atoms. The van der Waals surface area contributed by atoms with Crippen LogP contribution in [0.2, 0.25) is 0 Å². The number of carboxylic acids is 1. The summed E-state index contributed by atoms with van der Waals surface area (Å²) in [7, 11) is 0. The Balaban J connectivity index is 2.26. The molecule has 0 bridgehead atoms. The molecule has 92 valence electrons. The van der Waals surface area contributed by atoms with Crippen molar-refractivity contribution in [1.82, 2.24) is 0 Å². The Morgan fingerprint density at radius 1 is 1.41 bits per heavy atom. The molecule has 0 aliphatic heterocycles. The van der Waals surface area contributed by atoms with Crippen molar-refractivity contribution in [3.05, 3.63) is 34.1 Å². The second kappa shape index (κ2) is 4.77. The largest absolute Gasteiger partial charge is 0.481 e. The molecule has 0 unspecified atom stereocenters. The van der Waals surface area contributed by atoms with Gasteiger partial charge in [-0.3, -0.25) is 4.79 Å². The highest BCUT2D eigenvalue weighted by Crippen LogP contribution is 2.42. The van der Waals surface area contributed by atoms with E-state index in [4.69, 9.17) is 0 Å². The van der Waals surface area contributed by atoms with Gasteiger partial charge in [-0.25, -0.2) is 4.39 Å². The van der Waals surface area contributed by atoms with Crippen molar-refractivity contribution in [2.45, 2.75) is 32.1 Å². The molecular formula is C13H14BrFO2. The van der Waals surface area contributed by atoms with E-state index in [2.05, 4.69) is 15.9 Å². The zero-order valence-corrected chi connectivity index (χ0v) is 11.0. The van der Waals surface area contributed by atoms with E-state index in [1.807, 2.05) is 0 Å². The lowest BCUT2D eigenvalue weighted by molar-refractivity contribution is -0.148. The van der Waals surface area contributed by atoms with Crippen LogP contribution in [0.15, 0.2) is 22.7 Å². The molecule has 0 amide bonds. The lowest BCUT2D eigenvalue weighted by Gasteiger charge is -2.24. The van der Waals surface area contributed by atoms with E-state index >= 15 is 0 Å². The van der Waals surface area contributed by atoms with Gasteiger partial charge in [0.2, 0.25) is 0 Å². The quantitative estimate of drug-likeness (QED) is 0.922. The molecule has 1 saturated carbocycles. The molecule has 0 spiro atoms. The minimum atomic E-state index is -0.730. The monoisotopic (exact) mass is 300 g/mol. The van der Waals surface area contributed by atoms with Crippen LogP contribution in [0.25, 0.3) is 0 Å². The third-order valence-electron chi connectivity index (χ3n) is 3.56. The summed E-state index contributed by atoms with van der Waals surface area (Å²) in [6, 6.07) is 4.44.